The summed E-state index contributed by atoms with van der Waals surface area (Å²) in [6, 6.07) is 7.32. The van der Waals surface area contributed by atoms with E-state index in [1.54, 1.807) is 6.07 Å². The van der Waals surface area contributed by atoms with Gasteiger partial charge >= 0.3 is 0 Å². The number of fused-ring (bicyclic) bond motifs is 1. The van der Waals surface area contributed by atoms with Gasteiger partial charge in [0.2, 0.25) is 5.16 Å². The number of rotatable bonds is 2. The van der Waals surface area contributed by atoms with E-state index in [0.29, 0.717) is 10.1 Å². The van der Waals surface area contributed by atoms with Crippen LogP contribution in [0.2, 0.25) is 10.3 Å². The van der Waals surface area contributed by atoms with Crippen molar-refractivity contribution in [2.45, 2.75) is 10.1 Å². The highest BCUT2D eigenvalue weighted by Crippen LogP contribution is 2.31. The quantitative estimate of drug-likeness (QED) is 0.728. The van der Waals surface area contributed by atoms with E-state index in [0.717, 1.165) is 5.65 Å². The van der Waals surface area contributed by atoms with Crippen LogP contribution in [0.1, 0.15) is 0 Å². The Morgan fingerprint density at radius 2 is 1.94 bits per heavy atom. The van der Waals surface area contributed by atoms with Crippen molar-refractivity contribution in [1.82, 2.24) is 24.8 Å². The molecule has 0 fully saturated rings. The number of hydrogen-bond acceptors (Lipinski definition) is 5. The van der Waals surface area contributed by atoms with Crippen molar-refractivity contribution in [3.63, 3.8) is 0 Å². The largest absolute Gasteiger partial charge is 0.277 e. The van der Waals surface area contributed by atoms with Crippen LogP contribution >= 0.6 is 35.0 Å². The Kier molecular flexibility index (Phi) is 3.07. The van der Waals surface area contributed by atoms with Gasteiger partial charge in [0.25, 0.3) is 0 Å². The normalized spacial score (nSPS) is 11.0. The molecule has 0 aliphatic carbocycles. The SMILES string of the molecule is Clc1cc(Sc2nnc3ccccn23)c(Cl)nn1. The van der Waals surface area contributed by atoms with Crippen molar-refractivity contribution in [2.75, 3.05) is 0 Å². The lowest BCUT2D eigenvalue weighted by Gasteiger charge is -2.01. The molecular formula is C10H5Cl2N5S. The predicted octanol–water partition coefficient (Wildman–Crippen LogP) is 2.98. The molecule has 3 heterocycles. The third-order valence-corrected chi connectivity index (χ3v) is 3.74. The predicted molar refractivity (Wildman–Crippen MR) is 69.2 cm³/mol. The van der Waals surface area contributed by atoms with Crippen LogP contribution in [0.3, 0.4) is 0 Å². The molecule has 0 radical (unpaired) electrons. The van der Waals surface area contributed by atoms with Gasteiger partial charge in [-0.25, -0.2) is 0 Å². The Morgan fingerprint density at radius 1 is 1.06 bits per heavy atom. The van der Waals surface area contributed by atoms with E-state index < -0.39 is 0 Å². The van der Waals surface area contributed by atoms with E-state index >= 15 is 0 Å². The van der Waals surface area contributed by atoms with Crippen molar-refractivity contribution in [3.8, 4) is 0 Å². The lowest BCUT2D eigenvalue weighted by molar-refractivity contribution is 0.918. The summed E-state index contributed by atoms with van der Waals surface area (Å²) in [6.07, 6.45) is 1.88. The summed E-state index contributed by atoms with van der Waals surface area (Å²) in [7, 11) is 0. The fraction of sp³-hybridized carbons (Fsp3) is 0. The summed E-state index contributed by atoms with van der Waals surface area (Å²) in [4.78, 5) is 0.690. The molecule has 0 atom stereocenters. The summed E-state index contributed by atoms with van der Waals surface area (Å²) in [5.41, 5.74) is 0.768. The van der Waals surface area contributed by atoms with Gasteiger partial charge in [-0.05, 0) is 30.0 Å². The Balaban J connectivity index is 2.04. The number of nitrogens with zero attached hydrogens (tertiary/aromatic N) is 5. The fourth-order valence-corrected chi connectivity index (χ4v) is 2.64. The number of aromatic nitrogens is 5. The zero-order chi connectivity index (χ0) is 12.5. The van der Waals surface area contributed by atoms with Crippen molar-refractivity contribution >= 4 is 40.6 Å². The first-order valence-corrected chi connectivity index (χ1v) is 6.47. The minimum Gasteiger partial charge on any atom is -0.277 e. The second kappa shape index (κ2) is 4.72. The number of hydrogen-bond donors (Lipinski definition) is 0. The zero-order valence-corrected chi connectivity index (χ0v) is 11.1. The zero-order valence-electron chi connectivity index (χ0n) is 8.79. The highest BCUT2D eigenvalue weighted by molar-refractivity contribution is 7.99. The van der Waals surface area contributed by atoms with Gasteiger partial charge in [-0.2, -0.15) is 0 Å². The molecule has 3 aromatic heterocycles. The molecule has 5 nitrogen and oxygen atoms in total. The molecule has 0 bridgehead atoms. The van der Waals surface area contributed by atoms with Crippen LogP contribution in [0.5, 0.6) is 0 Å². The first kappa shape index (κ1) is 11.7. The highest BCUT2D eigenvalue weighted by atomic mass is 35.5. The molecule has 8 heteroatoms. The first-order valence-electron chi connectivity index (χ1n) is 4.90. The Labute approximate surface area is 116 Å². The molecule has 0 aromatic carbocycles. The summed E-state index contributed by atoms with van der Waals surface area (Å²) in [5, 5.41) is 16.8. The van der Waals surface area contributed by atoms with Gasteiger partial charge in [0, 0.05) is 6.20 Å². The van der Waals surface area contributed by atoms with Crippen molar-refractivity contribution in [1.29, 1.82) is 0 Å². The molecule has 0 aliphatic heterocycles. The summed E-state index contributed by atoms with van der Waals surface area (Å²) in [5.74, 6) is 0. The van der Waals surface area contributed by atoms with Crippen molar-refractivity contribution in [2.24, 2.45) is 0 Å². The van der Waals surface area contributed by atoms with Gasteiger partial charge < -0.3 is 0 Å². The van der Waals surface area contributed by atoms with E-state index in [2.05, 4.69) is 20.4 Å². The highest BCUT2D eigenvalue weighted by Gasteiger charge is 2.11. The standard InChI is InChI=1S/C10H5Cl2N5S/c11-7-5-6(9(12)15-13-7)18-10-16-14-8-3-1-2-4-17(8)10/h1-5H. The molecule has 0 unspecified atom stereocenters. The van der Waals surface area contributed by atoms with Gasteiger partial charge in [0.05, 0.1) is 4.90 Å². The second-order valence-electron chi connectivity index (χ2n) is 3.34. The van der Waals surface area contributed by atoms with Crippen molar-refractivity contribution < 1.29 is 0 Å². The number of halogens is 2. The Hall–Kier alpha value is -1.37. The maximum Gasteiger partial charge on any atom is 0.200 e. The molecule has 0 spiro atoms. The molecule has 0 amide bonds. The van der Waals surface area contributed by atoms with Gasteiger partial charge in [-0.15, -0.1) is 20.4 Å². The third kappa shape index (κ3) is 2.14. The lowest BCUT2D eigenvalue weighted by atomic mass is 10.5. The topological polar surface area (TPSA) is 56.0 Å². The van der Waals surface area contributed by atoms with E-state index in [4.69, 9.17) is 23.2 Å². The summed E-state index contributed by atoms with van der Waals surface area (Å²) < 4.78 is 1.86. The van der Waals surface area contributed by atoms with Gasteiger partial charge in [-0.3, -0.25) is 4.40 Å². The molecule has 0 aliphatic rings. The minimum absolute atomic E-state index is 0.288. The number of pyridine rings is 1. The lowest BCUT2D eigenvalue weighted by Crippen LogP contribution is -1.89. The molecule has 0 saturated carbocycles. The Bertz CT molecular complexity index is 714. The molecule has 90 valence electrons. The maximum atomic E-state index is 5.95. The van der Waals surface area contributed by atoms with Crippen LogP contribution in [-0.2, 0) is 0 Å². The van der Waals surface area contributed by atoms with Gasteiger partial charge in [0.1, 0.15) is 0 Å². The second-order valence-corrected chi connectivity index (χ2v) is 5.09. The van der Waals surface area contributed by atoms with Crippen LogP contribution in [0.25, 0.3) is 5.65 Å². The summed E-state index contributed by atoms with van der Waals surface area (Å²) in [6.45, 7) is 0. The van der Waals surface area contributed by atoms with Gasteiger partial charge in [-0.1, -0.05) is 29.3 Å². The third-order valence-electron chi connectivity index (χ3n) is 2.17. The van der Waals surface area contributed by atoms with Crippen LogP contribution in [0.4, 0.5) is 0 Å². The van der Waals surface area contributed by atoms with Crippen LogP contribution in [-0.4, -0.2) is 24.8 Å². The molecule has 18 heavy (non-hydrogen) atoms. The fourth-order valence-electron chi connectivity index (χ4n) is 1.40. The molecular weight excluding hydrogens is 293 g/mol. The average molecular weight is 298 g/mol. The van der Waals surface area contributed by atoms with Crippen LogP contribution in [0, 0.1) is 0 Å². The van der Waals surface area contributed by atoms with Crippen molar-refractivity contribution in [3.05, 3.63) is 40.8 Å². The minimum atomic E-state index is 0.288. The maximum absolute atomic E-state index is 5.95. The average Bonchev–Trinajstić information content (AvgIpc) is 2.78. The molecule has 0 N–H and O–H groups in total. The molecule has 3 rings (SSSR count). The van der Waals surface area contributed by atoms with E-state index in [-0.39, 0.29) is 10.3 Å². The van der Waals surface area contributed by atoms with E-state index in [1.165, 1.54) is 11.8 Å². The monoisotopic (exact) mass is 297 g/mol. The van der Waals surface area contributed by atoms with E-state index in [9.17, 15) is 0 Å². The smallest absolute Gasteiger partial charge is 0.200 e. The molecule has 3 aromatic rings. The van der Waals surface area contributed by atoms with Crippen LogP contribution in [0.15, 0.2) is 40.5 Å². The van der Waals surface area contributed by atoms with Gasteiger partial charge in [0.15, 0.2) is 16.0 Å². The van der Waals surface area contributed by atoms with E-state index in [1.807, 2.05) is 28.8 Å². The summed E-state index contributed by atoms with van der Waals surface area (Å²) >= 11 is 13.1. The first-order chi connectivity index (χ1) is 8.74. The van der Waals surface area contributed by atoms with Crippen LogP contribution < -0.4 is 0 Å². The molecule has 0 saturated heterocycles. The Morgan fingerprint density at radius 3 is 2.83 bits per heavy atom.